The molecule has 1 aromatic heterocycles. The third-order valence-corrected chi connectivity index (χ3v) is 8.21. The van der Waals surface area contributed by atoms with Crippen LogP contribution in [0.2, 0.25) is 0 Å². The molecule has 2 atom stereocenters. The molecule has 210 valence electrons. The van der Waals surface area contributed by atoms with E-state index >= 15 is 0 Å². The fraction of sp³-hybridized carbons (Fsp3) is 0.654. The van der Waals surface area contributed by atoms with Gasteiger partial charge in [-0.3, -0.25) is 14.9 Å². The molecule has 4 N–H and O–H groups in total. The molecule has 2 aliphatic heterocycles. The molecule has 12 heteroatoms. The number of rotatable bonds is 7. The molecule has 3 heterocycles. The van der Waals surface area contributed by atoms with Crippen molar-refractivity contribution in [1.82, 2.24) is 25.8 Å². The summed E-state index contributed by atoms with van der Waals surface area (Å²) in [7, 11) is 0. The molecule has 8 nitrogen and oxygen atoms in total. The highest BCUT2D eigenvalue weighted by Crippen LogP contribution is 2.42. The van der Waals surface area contributed by atoms with E-state index in [9.17, 15) is 27.9 Å². The summed E-state index contributed by atoms with van der Waals surface area (Å²) in [4.78, 5) is 32.4. The minimum atomic E-state index is -4.68. The Bertz CT molecular complexity index is 1100. The molecule has 38 heavy (non-hydrogen) atoms. The van der Waals surface area contributed by atoms with E-state index < -0.39 is 35.3 Å². The second-order valence-corrected chi connectivity index (χ2v) is 12.0. The molecule has 4 rings (SSSR count). The summed E-state index contributed by atoms with van der Waals surface area (Å²) in [5.41, 5.74) is -2.45. The van der Waals surface area contributed by atoms with Gasteiger partial charge in [0.05, 0.1) is 22.2 Å². The van der Waals surface area contributed by atoms with Gasteiger partial charge in [-0.2, -0.15) is 13.2 Å². The van der Waals surface area contributed by atoms with Crippen molar-refractivity contribution in [3.05, 3.63) is 33.4 Å². The lowest BCUT2D eigenvalue weighted by molar-refractivity contribution is -0.0877. The summed E-state index contributed by atoms with van der Waals surface area (Å²) in [5.74, 6) is -1.15. The molecule has 0 aromatic carbocycles. The SMILES string of the molecule is CC1CCCCN1C(=O)c1nc(C(=O)NCC(C)(C)O)sc1C1=CNC(NC2CCCC2)C=C1C(F)(F)F. The molecule has 1 saturated heterocycles. The maximum atomic E-state index is 14.3. The summed E-state index contributed by atoms with van der Waals surface area (Å²) < 4.78 is 43.0. The number of aliphatic hydroxyl groups is 1. The lowest BCUT2D eigenvalue weighted by Crippen LogP contribution is -2.45. The van der Waals surface area contributed by atoms with E-state index in [1.54, 1.807) is 4.90 Å². The van der Waals surface area contributed by atoms with Crippen LogP contribution in [-0.4, -0.2) is 69.9 Å². The molecule has 0 spiro atoms. The zero-order chi connectivity index (χ0) is 27.7. The number of allylic oxidation sites excluding steroid dienone is 2. The molecular weight excluding hydrogens is 519 g/mol. The molecule has 3 aliphatic rings. The standard InChI is InChI=1S/C26H36F3N5O3S/c1-15-8-6-7-11-34(15)24(36)20-21(38-23(33-20)22(35)31-14-25(2,3)37)17-13-30-19(12-18(17)26(27,28)29)32-16-9-4-5-10-16/h12-13,15-16,19,30,32,37H,4-11,14H2,1-3H3,(H,31,35). The molecule has 1 saturated carbocycles. The Morgan fingerprint density at radius 1 is 1.18 bits per heavy atom. The average Bonchev–Trinajstić information content (AvgIpc) is 3.52. The fourth-order valence-electron chi connectivity index (χ4n) is 5.09. The Labute approximate surface area is 224 Å². The molecule has 0 bridgehead atoms. The van der Waals surface area contributed by atoms with Crippen LogP contribution in [0.25, 0.3) is 5.57 Å². The van der Waals surface area contributed by atoms with Gasteiger partial charge in [0.1, 0.15) is 5.69 Å². The van der Waals surface area contributed by atoms with E-state index in [-0.39, 0.29) is 39.8 Å². The minimum Gasteiger partial charge on any atom is -0.389 e. The number of hydrogen-bond donors (Lipinski definition) is 4. The van der Waals surface area contributed by atoms with E-state index in [4.69, 9.17) is 0 Å². The normalized spacial score (nSPS) is 23.1. The van der Waals surface area contributed by atoms with Gasteiger partial charge in [-0.25, -0.2) is 4.98 Å². The van der Waals surface area contributed by atoms with E-state index in [2.05, 4.69) is 20.9 Å². The molecular formula is C26H36F3N5O3S. The number of alkyl halides is 3. The first-order valence-electron chi connectivity index (χ1n) is 13.2. The molecule has 2 unspecified atom stereocenters. The van der Waals surface area contributed by atoms with Crippen LogP contribution < -0.4 is 16.0 Å². The van der Waals surface area contributed by atoms with Crippen LogP contribution in [0.4, 0.5) is 13.2 Å². The van der Waals surface area contributed by atoms with E-state index in [1.165, 1.54) is 20.0 Å². The fourth-order valence-corrected chi connectivity index (χ4v) is 6.09. The lowest BCUT2D eigenvalue weighted by atomic mass is 9.98. The largest absolute Gasteiger partial charge is 0.416 e. The van der Waals surface area contributed by atoms with Gasteiger partial charge in [0.25, 0.3) is 11.8 Å². The number of amides is 2. The second kappa shape index (κ2) is 11.4. The van der Waals surface area contributed by atoms with Gasteiger partial charge in [0, 0.05) is 36.9 Å². The first-order valence-corrected chi connectivity index (χ1v) is 14.0. The van der Waals surface area contributed by atoms with Gasteiger partial charge in [0.2, 0.25) is 0 Å². The number of hydrogen-bond acceptors (Lipinski definition) is 7. The number of piperidine rings is 1. The van der Waals surface area contributed by atoms with Crippen LogP contribution in [-0.2, 0) is 0 Å². The van der Waals surface area contributed by atoms with Crippen LogP contribution >= 0.6 is 11.3 Å². The zero-order valence-corrected chi connectivity index (χ0v) is 22.8. The van der Waals surface area contributed by atoms with Gasteiger partial charge in [-0.05, 0) is 59.0 Å². The monoisotopic (exact) mass is 555 g/mol. The highest BCUT2D eigenvalue weighted by Gasteiger charge is 2.42. The highest BCUT2D eigenvalue weighted by atomic mass is 32.1. The highest BCUT2D eigenvalue weighted by molar-refractivity contribution is 7.15. The molecule has 2 fully saturated rings. The Morgan fingerprint density at radius 2 is 1.87 bits per heavy atom. The van der Waals surface area contributed by atoms with E-state index in [0.717, 1.165) is 62.4 Å². The predicted molar refractivity (Wildman–Crippen MR) is 140 cm³/mol. The summed E-state index contributed by atoms with van der Waals surface area (Å²) in [5, 5.41) is 18.6. The summed E-state index contributed by atoms with van der Waals surface area (Å²) in [6, 6.07) is 0.0507. The van der Waals surface area contributed by atoms with Gasteiger partial charge in [0.15, 0.2) is 5.01 Å². The van der Waals surface area contributed by atoms with Crippen molar-refractivity contribution in [2.45, 2.75) is 95.7 Å². The summed E-state index contributed by atoms with van der Waals surface area (Å²) >= 11 is 0.750. The summed E-state index contributed by atoms with van der Waals surface area (Å²) in [6.45, 7) is 5.33. The number of nitrogens with zero attached hydrogens (tertiary/aromatic N) is 2. The zero-order valence-electron chi connectivity index (χ0n) is 22.0. The van der Waals surface area contributed by atoms with Crippen LogP contribution in [0.5, 0.6) is 0 Å². The topological polar surface area (TPSA) is 107 Å². The summed E-state index contributed by atoms with van der Waals surface area (Å²) in [6.07, 6.45) is 3.45. The van der Waals surface area contributed by atoms with Crippen molar-refractivity contribution in [2.75, 3.05) is 13.1 Å². The average molecular weight is 556 g/mol. The lowest BCUT2D eigenvalue weighted by Gasteiger charge is -2.33. The second-order valence-electron chi connectivity index (χ2n) is 11.0. The van der Waals surface area contributed by atoms with Crippen molar-refractivity contribution in [3.63, 3.8) is 0 Å². The first kappa shape index (κ1) is 28.6. The van der Waals surface area contributed by atoms with Crippen molar-refractivity contribution < 1.29 is 27.9 Å². The van der Waals surface area contributed by atoms with Crippen LogP contribution in [0.1, 0.15) is 90.9 Å². The number of carbonyl (C=O) groups excluding carboxylic acids is 2. The Kier molecular flexibility index (Phi) is 8.53. The number of nitrogens with one attached hydrogen (secondary N) is 3. The maximum absolute atomic E-state index is 14.3. The number of dihydropyridines is 1. The van der Waals surface area contributed by atoms with Crippen molar-refractivity contribution >= 4 is 28.7 Å². The maximum Gasteiger partial charge on any atom is 0.416 e. The third kappa shape index (κ3) is 6.76. The van der Waals surface area contributed by atoms with Crippen molar-refractivity contribution in [3.8, 4) is 0 Å². The van der Waals surface area contributed by atoms with Crippen LogP contribution in [0, 0.1) is 0 Å². The number of likely N-dealkylation sites (tertiary alicyclic amines) is 1. The third-order valence-electron chi connectivity index (χ3n) is 7.12. The van der Waals surface area contributed by atoms with Gasteiger partial charge in [-0.15, -0.1) is 11.3 Å². The van der Waals surface area contributed by atoms with Gasteiger partial charge >= 0.3 is 6.18 Å². The van der Waals surface area contributed by atoms with Gasteiger partial charge < -0.3 is 20.6 Å². The predicted octanol–water partition coefficient (Wildman–Crippen LogP) is 3.95. The van der Waals surface area contributed by atoms with E-state index in [1.807, 2.05) is 6.92 Å². The quantitative estimate of drug-likeness (QED) is 0.406. The number of aromatic nitrogens is 1. The van der Waals surface area contributed by atoms with Crippen LogP contribution in [0.15, 0.2) is 17.8 Å². The molecule has 0 radical (unpaired) electrons. The molecule has 1 aliphatic carbocycles. The number of carbonyl (C=O) groups is 2. The van der Waals surface area contributed by atoms with Crippen LogP contribution in [0.3, 0.4) is 0 Å². The molecule has 2 amide bonds. The number of halogens is 3. The Morgan fingerprint density at radius 3 is 2.50 bits per heavy atom. The van der Waals surface area contributed by atoms with E-state index in [0.29, 0.717) is 6.54 Å². The number of thiazole rings is 1. The van der Waals surface area contributed by atoms with Crippen molar-refractivity contribution in [1.29, 1.82) is 0 Å². The van der Waals surface area contributed by atoms with Crippen molar-refractivity contribution in [2.24, 2.45) is 0 Å². The Balaban J connectivity index is 1.70. The first-order chi connectivity index (χ1) is 17.8. The smallest absolute Gasteiger partial charge is 0.389 e. The molecule has 1 aromatic rings. The van der Waals surface area contributed by atoms with Gasteiger partial charge in [-0.1, -0.05) is 12.8 Å². The minimum absolute atomic E-state index is 0.00317. The Hall–Kier alpha value is -2.44.